The number of ketones is 2. The molecule has 314 valence electrons. The first kappa shape index (κ1) is 41.6. The fourth-order valence-corrected chi connectivity index (χ4v) is 10.8. The quantitative estimate of drug-likeness (QED) is 0.116. The molecule has 4 aliphatic rings. The van der Waals surface area contributed by atoms with Gasteiger partial charge in [0.05, 0.1) is 18.2 Å². The Bertz CT molecular complexity index is 2400. The fourth-order valence-electron chi connectivity index (χ4n) is 9.37. The molecule has 8 rings (SSSR count). The van der Waals surface area contributed by atoms with Crippen LogP contribution in [0.4, 0.5) is 10.1 Å². The van der Waals surface area contributed by atoms with E-state index in [9.17, 15) is 5.11 Å². The molecule has 1 aliphatic heterocycles. The van der Waals surface area contributed by atoms with Crippen molar-refractivity contribution >= 4 is 25.6 Å². The Hall–Kier alpha value is -5.13. The SMILES string of the molecule is [C-]#[N+]c1c(CN2CCCC2)c(F)c2c(c1OCc1ccccc1)C(=O)C1=C(O)[C@]3(O[Si](C)(C)C(C)(C)C)C(=O)c4c(OCc5ccccc5)noc4[C@@H](N(C)C)[C@@H]3C[C@@H]1C2. The molecule has 4 atom stereocenters. The van der Waals surface area contributed by atoms with E-state index in [0.29, 0.717) is 0 Å². The summed E-state index contributed by atoms with van der Waals surface area (Å²) in [6.45, 7) is 20.4. The number of hydrogen-bond acceptors (Lipinski definition) is 10. The molecule has 3 aromatic carbocycles. The van der Waals surface area contributed by atoms with Gasteiger partial charge >= 0.3 is 0 Å². The average molecular weight is 833 g/mol. The maximum atomic E-state index is 17.3. The second-order valence-electron chi connectivity index (χ2n) is 18.4. The van der Waals surface area contributed by atoms with Gasteiger partial charge in [0, 0.05) is 29.2 Å². The van der Waals surface area contributed by atoms with Crippen molar-refractivity contribution in [1.29, 1.82) is 0 Å². The minimum atomic E-state index is -2.97. The summed E-state index contributed by atoms with van der Waals surface area (Å²) in [7, 11) is 0.746. The number of aromatic nitrogens is 1. The van der Waals surface area contributed by atoms with Crippen LogP contribution < -0.4 is 9.47 Å². The van der Waals surface area contributed by atoms with Crippen LogP contribution in [0.3, 0.4) is 0 Å². The van der Waals surface area contributed by atoms with E-state index in [1.54, 1.807) is 0 Å². The van der Waals surface area contributed by atoms with Crippen molar-refractivity contribution in [2.75, 3.05) is 27.2 Å². The molecule has 0 bridgehead atoms. The van der Waals surface area contributed by atoms with Crippen LogP contribution in [0, 0.1) is 24.2 Å². The van der Waals surface area contributed by atoms with Gasteiger partial charge in [0.2, 0.25) is 11.5 Å². The van der Waals surface area contributed by atoms with Crippen LogP contribution in [0.15, 0.2) is 76.5 Å². The van der Waals surface area contributed by atoms with E-state index in [0.717, 1.165) is 37.1 Å². The van der Waals surface area contributed by atoms with Gasteiger partial charge in [-0.3, -0.25) is 14.5 Å². The lowest BCUT2D eigenvalue weighted by Gasteiger charge is -2.55. The number of benzene rings is 3. The molecule has 1 saturated heterocycles. The number of fused-ring (bicyclic) bond motifs is 4. The first-order valence-electron chi connectivity index (χ1n) is 20.8. The Labute approximate surface area is 352 Å². The number of Topliss-reactive ketones (excluding diaryl/α,β-unsaturated/α-hetero) is 2. The number of halogens is 1. The number of carbonyl (C=O) groups is 2. The number of hydrogen-bond donors (Lipinski definition) is 1. The summed E-state index contributed by atoms with van der Waals surface area (Å²) >= 11 is 0. The highest BCUT2D eigenvalue weighted by atomic mass is 28.4. The Balaban J connectivity index is 1.33. The summed E-state index contributed by atoms with van der Waals surface area (Å²) in [4.78, 5) is 38.9. The number of ether oxygens (including phenoxy) is 2. The minimum absolute atomic E-state index is 0.0104. The molecule has 4 aromatic rings. The van der Waals surface area contributed by atoms with Crippen molar-refractivity contribution in [2.45, 2.75) is 96.0 Å². The van der Waals surface area contributed by atoms with Gasteiger partial charge < -0.3 is 28.4 Å². The third-order valence-corrected chi connectivity index (χ3v) is 17.8. The monoisotopic (exact) mass is 832 g/mol. The highest BCUT2D eigenvalue weighted by Gasteiger charge is 2.67. The zero-order valence-electron chi connectivity index (χ0n) is 35.4. The zero-order chi connectivity index (χ0) is 42.7. The summed E-state index contributed by atoms with van der Waals surface area (Å²) in [6, 6.07) is 18.2. The Morgan fingerprint density at radius 1 is 1.00 bits per heavy atom. The average Bonchev–Trinajstić information content (AvgIpc) is 3.89. The van der Waals surface area contributed by atoms with E-state index in [1.807, 2.05) is 114 Å². The van der Waals surface area contributed by atoms with Gasteiger partial charge in [-0.15, -0.1) is 0 Å². The molecule has 1 fully saturated rings. The zero-order valence-corrected chi connectivity index (χ0v) is 36.4. The number of allylic oxidation sites excluding steroid dienone is 1. The molecule has 0 radical (unpaired) electrons. The molecule has 3 aliphatic carbocycles. The summed E-state index contributed by atoms with van der Waals surface area (Å²) in [5.74, 6) is -3.62. The van der Waals surface area contributed by atoms with Crippen molar-refractivity contribution in [3.05, 3.63) is 128 Å². The Morgan fingerprint density at radius 2 is 1.62 bits per heavy atom. The van der Waals surface area contributed by atoms with Crippen molar-refractivity contribution < 1.29 is 37.5 Å². The van der Waals surface area contributed by atoms with E-state index in [1.165, 1.54) is 0 Å². The maximum absolute atomic E-state index is 17.3. The Kier molecular flexibility index (Phi) is 10.9. The van der Waals surface area contributed by atoms with E-state index < -0.39 is 60.0 Å². The summed E-state index contributed by atoms with van der Waals surface area (Å²) in [6.07, 6.45) is 2.17. The standard InChI is InChI=1S/C47H53FN4O7Si/c1-46(2,3)60(7,8)59-47-33(39(51(5)6)42-36(44(47)55)45(50-58-42)57-27-29-19-13-10-14-20-29)24-30-23-31-35(40(53)34(30)43(47)54)41(56-26-28-17-11-9-12-18-28)38(49-4)32(37(31)48)25-52-21-15-16-22-52/h9-14,17-20,30,33,39,54H,15-16,21-27H2,1-3,5-8H3/t30-,33-,39-,47-/m0/s1. The van der Waals surface area contributed by atoms with Crippen molar-refractivity contribution in [3.63, 3.8) is 0 Å². The second-order valence-corrected chi connectivity index (χ2v) is 23.1. The van der Waals surface area contributed by atoms with Crippen LogP contribution in [0.2, 0.25) is 18.1 Å². The second kappa shape index (κ2) is 15.7. The number of nitrogens with zero attached hydrogens (tertiary/aromatic N) is 4. The number of likely N-dealkylation sites (tertiary alicyclic amines) is 1. The number of aliphatic hydroxyl groups is 1. The Morgan fingerprint density at radius 3 is 2.20 bits per heavy atom. The lowest BCUT2D eigenvalue weighted by atomic mass is 9.58. The van der Waals surface area contributed by atoms with Crippen LogP contribution in [-0.2, 0) is 30.6 Å². The fraction of sp³-hybridized carbons (Fsp3) is 0.447. The van der Waals surface area contributed by atoms with Gasteiger partial charge in [0.25, 0.3) is 5.88 Å². The van der Waals surface area contributed by atoms with Crippen LogP contribution in [0.5, 0.6) is 11.6 Å². The molecule has 0 unspecified atom stereocenters. The summed E-state index contributed by atoms with van der Waals surface area (Å²) in [5, 5.41) is 16.9. The van der Waals surface area contributed by atoms with Gasteiger partial charge in [-0.25, -0.2) is 9.24 Å². The molecular weight excluding hydrogens is 780 g/mol. The van der Waals surface area contributed by atoms with Crippen LogP contribution >= 0.6 is 0 Å². The van der Waals surface area contributed by atoms with Crippen LogP contribution in [0.1, 0.15) is 94.8 Å². The minimum Gasteiger partial charge on any atom is -0.508 e. The summed E-state index contributed by atoms with van der Waals surface area (Å²) in [5.41, 5.74) is -0.166. The van der Waals surface area contributed by atoms with Gasteiger partial charge in [0.15, 0.2) is 25.5 Å². The molecule has 11 nitrogen and oxygen atoms in total. The summed E-state index contributed by atoms with van der Waals surface area (Å²) < 4.78 is 43.2. The third-order valence-electron chi connectivity index (χ3n) is 13.4. The van der Waals surface area contributed by atoms with E-state index >= 15 is 14.0 Å². The smallest absolute Gasteiger partial charge is 0.265 e. The van der Waals surface area contributed by atoms with Crippen molar-refractivity contribution in [2.24, 2.45) is 11.8 Å². The predicted molar refractivity (Wildman–Crippen MR) is 226 cm³/mol. The molecule has 1 aromatic heterocycles. The lowest BCUT2D eigenvalue weighted by molar-refractivity contribution is -0.0481. The van der Waals surface area contributed by atoms with Gasteiger partial charge in [-0.1, -0.05) is 81.4 Å². The van der Waals surface area contributed by atoms with Crippen LogP contribution in [0.25, 0.3) is 4.85 Å². The third kappa shape index (κ3) is 6.87. The highest BCUT2D eigenvalue weighted by Crippen LogP contribution is 2.60. The first-order valence-corrected chi connectivity index (χ1v) is 23.7. The highest BCUT2D eigenvalue weighted by molar-refractivity contribution is 6.74. The maximum Gasteiger partial charge on any atom is 0.265 e. The van der Waals surface area contributed by atoms with Gasteiger partial charge in [0.1, 0.15) is 36.1 Å². The largest absolute Gasteiger partial charge is 0.508 e. The van der Waals surface area contributed by atoms with Crippen LogP contribution in [-0.4, -0.2) is 72.7 Å². The molecule has 2 heterocycles. The van der Waals surface area contributed by atoms with Crippen molar-refractivity contribution in [3.8, 4) is 11.6 Å². The topological polar surface area (TPSA) is 119 Å². The molecule has 60 heavy (non-hydrogen) atoms. The van der Waals surface area contributed by atoms with Gasteiger partial charge in [-0.2, -0.15) is 0 Å². The molecule has 0 amide bonds. The molecule has 0 spiro atoms. The van der Waals surface area contributed by atoms with E-state index in [4.69, 9.17) is 25.0 Å². The number of carbonyl (C=O) groups excluding carboxylic acids is 2. The molecule has 1 N–H and O–H groups in total. The predicted octanol–water partition coefficient (Wildman–Crippen LogP) is 9.57. The van der Waals surface area contributed by atoms with E-state index in [-0.39, 0.29) is 83.5 Å². The van der Waals surface area contributed by atoms with Crippen molar-refractivity contribution in [1.82, 2.24) is 15.0 Å². The van der Waals surface area contributed by atoms with Gasteiger partial charge in [-0.05, 0) is 93.2 Å². The number of rotatable bonds is 11. The lowest BCUT2D eigenvalue weighted by Crippen LogP contribution is -2.65. The molecule has 0 saturated carbocycles. The van der Waals surface area contributed by atoms with E-state index in [2.05, 4.69) is 14.9 Å². The molecular formula is C47H53FN4O7Si. The normalized spacial score (nSPS) is 22.9. The first-order chi connectivity index (χ1) is 28.6. The molecule has 13 heteroatoms. The number of aliphatic hydroxyl groups excluding tert-OH is 1.